The molecule has 0 aromatic heterocycles. The zero-order chi connectivity index (χ0) is 18.2. The number of aliphatic carboxylic acids is 1. The summed E-state index contributed by atoms with van der Waals surface area (Å²) in [5, 5.41) is 11.9. The van der Waals surface area contributed by atoms with Crippen molar-refractivity contribution in [2.45, 2.75) is 31.7 Å². The van der Waals surface area contributed by atoms with Crippen LogP contribution in [0.3, 0.4) is 0 Å². The zero-order valence-electron chi connectivity index (χ0n) is 13.5. The van der Waals surface area contributed by atoms with Crippen molar-refractivity contribution in [1.29, 1.82) is 0 Å². The first kappa shape index (κ1) is 18.9. The van der Waals surface area contributed by atoms with Gasteiger partial charge in [0.2, 0.25) is 5.91 Å². The van der Waals surface area contributed by atoms with Crippen molar-refractivity contribution in [2.75, 3.05) is 0 Å². The molecule has 0 aliphatic carbocycles. The number of benzene rings is 2. The molecule has 0 aliphatic rings. The van der Waals surface area contributed by atoms with Crippen LogP contribution in [0.25, 0.3) is 0 Å². The van der Waals surface area contributed by atoms with E-state index in [0.29, 0.717) is 18.4 Å². The predicted octanol–water partition coefficient (Wildman–Crippen LogP) is 3.61. The Bertz CT molecular complexity index is 737. The minimum absolute atomic E-state index is 0.0114. The summed E-state index contributed by atoms with van der Waals surface area (Å²) < 4.78 is 13.1. The van der Waals surface area contributed by atoms with E-state index in [0.717, 1.165) is 11.6 Å². The lowest BCUT2D eigenvalue weighted by molar-refractivity contribution is -0.137. The topological polar surface area (TPSA) is 66.4 Å². The number of carbonyl (C=O) groups is 2. The maximum Gasteiger partial charge on any atom is 0.303 e. The first-order valence-corrected chi connectivity index (χ1v) is 8.31. The molecule has 2 N–H and O–H groups in total. The highest BCUT2D eigenvalue weighted by atomic mass is 35.5. The molecule has 0 spiro atoms. The summed E-state index contributed by atoms with van der Waals surface area (Å²) in [5.74, 6) is -1.65. The molecule has 0 radical (unpaired) electrons. The predicted molar refractivity (Wildman–Crippen MR) is 94.1 cm³/mol. The quantitative estimate of drug-likeness (QED) is 0.752. The molecule has 1 amide bonds. The lowest BCUT2D eigenvalue weighted by atomic mass is 10.0. The Morgan fingerprint density at radius 1 is 1.16 bits per heavy atom. The smallest absolute Gasteiger partial charge is 0.303 e. The van der Waals surface area contributed by atoms with E-state index in [9.17, 15) is 14.0 Å². The van der Waals surface area contributed by atoms with Crippen molar-refractivity contribution < 1.29 is 19.1 Å². The van der Waals surface area contributed by atoms with Crippen LogP contribution in [0.1, 0.15) is 24.0 Å². The molecule has 0 saturated heterocycles. The van der Waals surface area contributed by atoms with Crippen LogP contribution in [-0.4, -0.2) is 23.0 Å². The Hall–Kier alpha value is -2.40. The second-order valence-electron chi connectivity index (χ2n) is 5.80. The van der Waals surface area contributed by atoms with Crippen LogP contribution in [0.2, 0.25) is 5.02 Å². The van der Waals surface area contributed by atoms with Gasteiger partial charge in [-0.1, -0.05) is 48.0 Å². The zero-order valence-corrected chi connectivity index (χ0v) is 14.3. The minimum Gasteiger partial charge on any atom is -0.481 e. The third-order valence-electron chi connectivity index (χ3n) is 3.76. The number of hydrogen-bond donors (Lipinski definition) is 2. The lowest BCUT2D eigenvalue weighted by Gasteiger charge is -2.18. The van der Waals surface area contributed by atoms with Gasteiger partial charge in [-0.3, -0.25) is 9.59 Å². The molecular weight excluding hydrogens is 345 g/mol. The summed E-state index contributed by atoms with van der Waals surface area (Å²) in [4.78, 5) is 23.1. The molecule has 2 aromatic rings. The average Bonchev–Trinajstić information content (AvgIpc) is 2.56. The molecule has 4 nitrogen and oxygen atoms in total. The number of halogens is 2. The van der Waals surface area contributed by atoms with Gasteiger partial charge in [-0.15, -0.1) is 0 Å². The second kappa shape index (κ2) is 9.18. The van der Waals surface area contributed by atoms with Gasteiger partial charge < -0.3 is 10.4 Å². The van der Waals surface area contributed by atoms with Crippen molar-refractivity contribution >= 4 is 23.5 Å². The van der Waals surface area contributed by atoms with Gasteiger partial charge in [-0.2, -0.15) is 0 Å². The molecule has 6 heteroatoms. The third-order valence-corrected chi connectivity index (χ3v) is 4.11. The highest BCUT2D eigenvalue weighted by Crippen LogP contribution is 2.18. The van der Waals surface area contributed by atoms with E-state index in [1.807, 2.05) is 30.3 Å². The van der Waals surface area contributed by atoms with Gasteiger partial charge in [-0.05, 0) is 36.1 Å². The van der Waals surface area contributed by atoms with Gasteiger partial charge in [0, 0.05) is 17.5 Å². The van der Waals surface area contributed by atoms with Crippen molar-refractivity contribution in [3.63, 3.8) is 0 Å². The Balaban J connectivity index is 2.01. The van der Waals surface area contributed by atoms with Crippen molar-refractivity contribution in [1.82, 2.24) is 5.32 Å². The summed E-state index contributed by atoms with van der Waals surface area (Å²) in [6.45, 7) is 0. The summed E-state index contributed by atoms with van der Waals surface area (Å²) in [7, 11) is 0. The number of nitrogens with one attached hydrogen (secondary N) is 1. The summed E-state index contributed by atoms with van der Waals surface area (Å²) in [5.41, 5.74) is 1.54. The van der Waals surface area contributed by atoms with Crippen LogP contribution in [0, 0.1) is 5.82 Å². The number of amides is 1. The molecule has 0 saturated carbocycles. The van der Waals surface area contributed by atoms with Crippen LogP contribution in [-0.2, 0) is 22.4 Å². The molecular formula is C19H19ClFNO3. The van der Waals surface area contributed by atoms with Gasteiger partial charge in [0.05, 0.1) is 6.42 Å². The molecule has 0 fully saturated rings. The molecule has 0 aliphatic heterocycles. The number of rotatable bonds is 8. The largest absolute Gasteiger partial charge is 0.481 e. The lowest BCUT2D eigenvalue weighted by Crippen LogP contribution is -2.37. The van der Waals surface area contributed by atoms with Gasteiger partial charge in [0.15, 0.2) is 0 Å². The first-order valence-electron chi connectivity index (χ1n) is 7.93. The van der Waals surface area contributed by atoms with Crippen LogP contribution in [0.4, 0.5) is 4.39 Å². The molecule has 25 heavy (non-hydrogen) atoms. The summed E-state index contributed by atoms with van der Waals surface area (Å²) >= 11 is 5.94. The van der Waals surface area contributed by atoms with E-state index in [2.05, 4.69) is 5.32 Å². The van der Waals surface area contributed by atoms with E-state index in [4.69, 9.17) is 16.7 Å². The van der Waals surface area contributed by atoms with E-state index >= 15 is 0 Å². The van der Waals surface area contributed by atoms with Crippen LogP contribution in [0.5, 0.6) is 0 Å². The minimum atomic E-state index is -0.908. The van der Waals surface area contributed by atoms with Crippen molar-refractivity contribution in [3.05, 3.63) is 70.5 Å². The Morgan fingerprint density at radius 3 is 2.52 bits per heavy atom. The van der Waals surface area contributed by atoms with E-state index < -0.39 is 11.8 Å². The maximum atomic E-state index is 13.1. The maximum absolute atomic E-state index is 13.1. The van der Waals surface area contributed by atoms with Gasteiger partial charge in [-0.25, -0.2) is 4.39 Å². The SMILES string of the molecule is O=C(O)CCC(Cc1ccccc1)NC(=O)Cc1ccc(F)cc1Cl. The fourth-order valence-corrected chi connectivity index (χ4v) is 2.77. The Kier molecular flexibility index (Phi) is 6.95. The van der Waals surface area contributed by atoms with Crippen LogP contribution >= 0.6 is 11.6 Å². The van der Waals surface area contributed by atoms with Crippen molar-refractivity contribution in [3.8, 4) is 0 Å². The van der Waals surface area contributed by atoms with E-state index in [1.165, 1.54) is 12.1 Å². The number of carbonyl (C=O) groups excluding carboxylic acids is 1. The average molecular weight is 364 g/mol. The summed E-state index contributed by atoms with van der Waals surface area (Å²) in [6.07, 6.45) is 0.844. The van der Waals surface area contributed by atoms with Crippen LogP contribution in [0.15, 0.2) is 48.5 Å². The molecule has 1 atom stereocenters. The molecule has 2 aromatic carbocycles. The third kappa shape index (κ3) is 6.55. The highest BCUT2D eigenvalue weighted by Gasteiger charge is 2.16. The Labute approximate surface area is 150 Å². The van der Waals surface area contributed by atoms with E-state index in [1.54, 1.807) is 0 Å². The standard InChI is InChI=1S/C19H19ClFNO3/c20-17-12-15(21)7-6-14(17)11-18(23)22-16(8-9-19(24)25)10-13-4-2-1-3-5-13/h1-7,12,16H,8-11H2,(H,22,23)(H,24,25). The summed E-state index contributed by atoms with van der Waals surface area (Å²) in [6, 6.07) is 13.1. The fraction of sp³-hybridized carbons (Fsp3) is 0.263. The molecule has 2 rings (SSSR count). The van der Waals surface area contributed by atoms with Gasteiger partial charge >= 0.3 is 5.97 Å². The van der Waals surface area contributed by atoms with Gasteiger partial charge in [0.1, 0.15) is 5.82 Å². The molecule has 0 heterocycles. The monoisotopic (exact) mass is 363 g/mol. The number of carboxylic acid groups (broad SMARTS) is 1. The Morgan fingerprint density at radius 2 is 1.88 bits per heavy atom. The van der Waals surface area contributed by atoms with Crippen LogP contribution < -0.4 is 5.32 Å². The molecule has 132 valence electrons. The second-order valence-corrected chi connectivity index (χ2v) is 6.21. The normalized spacial score (nSPS) is 11.8. The van der Waals surface area contributed by atoms with E-state index in [-0.39, 0.29) is 29.8 Å². The van der Waals surface area contributed by atoms with Gasteiger partial charge in [0.25, 0.3) is 0 Å². The first-order chi connectivity index (χ1) is 11.9. The number of hydrogen-bond acceptors (Lipinski definition) is 2. The molecule has 1 unspecified atom stereocenters. The number of carboxylic acids is 1. The highest BCUT2D eigenvalue weighted by molar-refractivity contribution is 6.31. The molecule has 0 bridgehead atoms. The van der Waals surface area contributed by atoms with Crippen molar-refractivity contribution in [2.24, 2.45) is 0 Å². The fourth-order valence-electron chi connectivity index (χ4n) is 2.54.